The highest BCUT2D eigenvalue weighted by atomic mass is 35.5. The number of carbonyl (C=O) groups excluding carboxylic acids is 1. The van der Waals surface area contributed by atoms with Gasteiger partial charge in [-0.3, -0.25) is 4.79 Å². The molecule has 1 aliphatic carbocycles. The molecule has 160 valence electrons. The molecule has 1 saturated heterocycles. The van der Waals surface area contributed by atoms with Crippen molar-refractivity contribution < 1.29 is 9.90 Å². The van der Waals surface area contributed by atoms with Crippen LogP contribution in [0.2, 0.25) is 5.02 Å². The number of hydrogen-bond donors (Lipinski definition) is 2. The largest absolute Gasteiger partial charge is 0.508 e. The van der Waals surface area contributed by atoms with Gasteiger partial charge in [0.1, 0.15) is 5.75 Å². The van der Waals surface area contributed by atoms with Crippen LogP contribution < -0.4 is 10.2 Å². The van der Waals surface area contributed by atoms with E-state index in [0.717, 1.165) is 56.8 Å². The number of benzene rings is 2. The lowest BCUT2D eigenvalue weighted by Crippen LogP contribution is -2.46. The van der Waals surface area contributed by atoms with Crippen LogP contribution >= 0.6 is 11.6 Å². The number of anilines is 2. The number of likely N-dealkylation sites (N-methyl/N-ethyl adjacent to an activating group) is 1. The van der Waals surface area contributed by atoms with Crippen molar-refractivity contribution in [2.75, 3.05) is 42.9 Å². The Kier molecular flexibility index (Phi) is 6.49. The van der Waals surface area contributed by atoms with Crippen molar-refractivity contribution in [3.05, 3.63) is 52.5 Å². The van der Waals surface area contributed by atoms with Gasteiger partial charge in [-0.1, -0.05) is 31.4 Å². The molecule has 2 fully saturated rings. The third kappa shape index (κ3) is 4.57. The maximum atomic E-state index is 12.8. The first-order valence-corrected chi connectivity index (χ1v) is 11.3. The average Bonchev–Trinajstić information content (AvgIpc) is 3.29. The molecule has 1 amide bonds. The van der Waals surface area contributed by atoms with E-state index in [1.54, 1.807) is 12.1 Å². The van der Waals surface area contributed by atoms with Crippen molar-refractivity contribution in [2.45, 2.75) is 38.5 Å². The molecule has 0 atom stereocenters. The van der Waals surface area contributed by atoms with E-state index in [1.165, 1.54) is 12.8 Å². The van der Waals surface area contributed by atoms with Gasteiger partial charge in [-0.25, -0.2) is 0 Å². The third-order valence-electron chi connectivity index (χ3n) is 6.45. The second-order valence-electron chi connectivity index (χ2n) is 8.30. The summed E-state index contributed by atoms with van der Waals surface area (Å²) in [6.45, 7) is 7.25. The molecule has 5 nitrogen and oxygen atoms in total. The topological polar surface area (TPSA) is 55.8 Å². The first kappa shape index (κ1) is 21.0. The van der Waals surface area contributed by atoms with Crippen LogP contribution in [-0.2, 0) is 0 Å². The molecular formula is C24H30ClN3O2. The molecule has 4 rings (SSSR count). The fourth-order valence-electron chi connectivity index (χ4n) is 4.61. The molecule has 1 heterocycles. The van der Waals surface area contributed by atoms with Gasteiger partial charge < -0.3 is 20.2 Å². The van der Waals surface area contributed by atoms with Gasteiger partial charge in [-0.2, -0.15) is 0 Å². The van der Waals surface area contributed by atoms with Crippen molar-refractivity contribution in [1.82, 2.24) is 4.90 Å². The minimum atomic E-state index is -0.186. The molecule has 30 heavy (non-hydrogen) atoms. The summed E-state index contributed by atoms with van der Waals surface area (Å²) >= 11 is 6.55. The standard InChI is InChI=1S/C24H30ClN3O2/c1-2-27-11-13-28(14-12-27)22-9-8-19(16-21(22)25)26-24(30)18-7-10-23(29)20(15-18)17-5-3-4-6-17/h7-10,15-17,29H,2-6,11-14H2,1H3,(H,26,30). The van der Waals surface area contributed by atoms with E-state index in [0.29, 0.717) is 22.2 Å². The Bertz CT molecular complexity index is 903. The molecule has 2 aromatic rings. The molecule has 2 aromatic carbocycles. The highest BCUT2D eigenvalue weighted by Gasteiger charge is 2.22. The Hall–Kier alpha value is -2.24. The maximum absolute atomic E-state index is 12.8. The van der Waals surface area contributed by atoms with E-state index in [4.69, 9.17) is 11.6 Å². The van der Waals surface area contributed by atoms with Crippen molar-refractivity contribution in [3.63, 3.8) is 0 Å². The summed E-state index contributed by atoms with van der Waals surface area (Å²) in [5.41, 5.74) is 3.14. The summed E-state index contributed by atoms with van der Waals surface area (Å²) in [4.78, 5) is 17.5. The van der Waals surface area contributed by atoms with Gasteiger partial charge in [0.2, 0.25) is 0 Å². The number of amides is 1. The second-order valence-corrected chi connectivity index (χ2v) is 8.70. The molecule has 2 aliphatic rings. The first-order valence-electron chi connectivity index (χ1n) is 11.0. The van der Waals surface area contributed by atoms with Crippen LogP contribution in [0.3, 0.4) is 0 Å². The molecule has 2 N–H and O–H groups in total. The normalized spacial score (nSPS) is 18.0. The Morgan fingerprint density at radius 3 is 2.50 bits per heavy atom. The molecular weight excluding hydrogens is 398 g/mol. The number of aromatic hydroxyl groups is 1. The predicted octanol–water partition coefficient (Wildman–Crippen LogP) is 5.10. The lowest BCUT2D eigenvalue weighted by molar-refractivity contribution is 0.102. The number of carbonyl (C=O) groups is 1. The quantitative estimate of drug-likeness (QED) is 0.697. The van der Waals surface area contributed by atoms with E-state index in [1.807, 2.05) is 24.3 Å². The fourth-order valence-corrected chi connectivity index (χ4v) is 4.91. The Morgan fingerprint density at radius 2 is 1.83 bits per heavy atom. The van der Waals surface area contributed by atoms with E-state index < -0.39 is 0 Å². The number of nitrogens with one attached hydrogen (secondary N) is 1. The lowest BCUT2D eigenvalue weighted by atomic mass is 9.95. The molecule has 0 radical (unpaired) electrons. The number of nitrogens with zero attached hydrogens (tertiary/aromatic N) is 2. The highest BCUT2D eigenvalue weighted by Crippen LogP contribution is 2.39. The van der Waals surface area contributed by atoms with Crippen LogP contribution in [0.4, 0.5) is 11.4 Å². The van der Waals surface area contributed by atoms with Crippen LogP contribution in [0.25, 0.3) is 0 Å². The van der Waals surface area contributed by atoms with E-state index in [9.17, 15) is 9.90 Å². The van der Waals surface area contributed by atoms with Crippen molar-refractivity contribution in [3.8, 4) is 5.75 Å². The minimum Gasteiger partial charge on any atom is -0.508 e. The molecule has 0 bridgehead atoms. The summed E-state index contributed by atoms with van der Waals surface area (Å²) in [6, 6.07) is 10.9. The highest BCUT2D eigenvalue weighted by molar-refractivity contribution is 6.33. The van der Waals surface area contributed by atoms with Crippen molar-refractivity contribution in [1.29, 1.82) is 0 Å². The zero-order valence-corrected chi connectivity index (χ0v) is 18.3. The van der Waals surface area contributed by atoms with E-state index in [-0.39, 0.29) is 11.7 Å². The fraction of sp³-hybridized carbons (Fsp3) is 0.458. The molecule has 1 aliphatic heterocycles. The second kappa shape index (κ2) is 9.27. The lowest BCUT2D eigenvalue weighted by Gasteiger charge is -2.36. The van der Waals surface area contributed by atoms with Crippen LogP contribution in [-0.4, -0.2) is 48.6 Å². The number of phenolic OH excluding ortho intramolecular Hbond substituents is 1. The Morgan fingerprint density at radius 1 is 1.10 bits per heavy atom. The summed E-state index contributed by atoms with van der Waals surface area (Å²) in [6.07, 6.45) is 4.50. The molecule has 6 heteroatoms. The van der Waals surface area contributed by atoms with Crippen LogP contribution in [0.1, 0.15) is 54.4 Å². The van der Waals surface area contributed by atoms with E-state index in [2.05, 4.69) is 22.0 Å². The van der Waals surface area contributed by atoms with Crippen LogP contribution in [0.15, 0.2) is 36.4 Å². The van der Waals surface area contributed by atoms with Crippen molar-refractivity contribution >= 4 is 28.9 Å². The van der Waals surface area contributed by atoms with Gasteiger partial charge in [0, 0.05) is 37.4 Å². The predicted molar refractivity (Wildman–Crippen MR) is 123 cm³/mol. The van der Waals surface area contributed by atoms with Gasteiger partial charge >= 0.3 is 0 Å². The summed E-state index contributed by atoms with van der Waals surface area (Å²) in [5, 5.41) is 13.8. The Labute approximate surface area is 183 Å². The number of piperazine rings is 1. The number of halogens is 1. The summed E-state index contributed by atoms with van der Waals surface area (Å²) < 4.78 is 0. The van der Waals surface area contributed by atoms with Gasteiger partial charge in [0.05, 0.1) is 10.7 Å². The smallest absolute Gasteiger partial charge is 0.255 e. The Balaban J connectivity index is 1.45. The number of rotatable bonds is 5. The molecule has 0 aromatic heterocycles. The van der Waals surface area contributed by atoms with Crippen LogP contribution in [0, 0.1) is 0 Å². The van der Waals surface area contributed by atoms with Gasteiger partial charge in [0.15, 0.2) is 0 Å². The van der Waals surface area contributed by atoms with E-state index >= 15 is 0 Å². The van der Waals surface area contributed by atoms with Gasteiger partial charge in [0.25, 0.3) is 5.91 Å². The zero-order chi connectivity index (χ0) is 21.1. The monoisotopic (exact) mass is 427 g/mol. The maximum Gasteiger partial charge on any atom is 0.255 e. The van der Waals surface area contributed by atoms with Crippen LogP contribution in [0.5, 0.6) is 5.75 Å². The molecule has 0 unspecified atom stereocenters. The minimum absolute atomic E-state index is 0.186. The zero-order valence-electron chi connectivity index (χ0n) is 17.5. The third-order valence-corrected chi connectivity index (χ3v) is 6.75. The summed E-state index contributed by atoms with van der Waals surface area (Å²) in [7, 11) is 0. The first-order chi connectivity index (χ1) is 14.5. The van der Waals surface area contributed by atoms with Gasteiger partial charge in [-0.15, -0.1) is 0 Å². The van der Waals surface area contributed by atoms with Crippen molar-refractivity contribution in [2.24, 2.45) is 0 Å². The average molecular weight is 428 g/mol. The van der Waals surface area contributed by atoms with Gasteiger partial charge in [-0.05, 0) is 67.3 Å². The number of phenols is 1. The summed E-state index contributed by atoms with van der Waals surface area (Å²) in [5.74, 6) is 0.447. The molecule has 0 spiro atoms. The SMILES string of the molecule is CCN1CCN(c2ccc(NC(=O)c3ccc(O)c(C4CCCC4)c3)cc2Cl)CC1. The number of hydrogen-bond acceptors (Lipinski definition) is 4. The molecule has 1 saturated carbocycles.